The molecule has 1 fully saturated rings. The van der Waals surface area contributed by atoms with E-state index in [0.29, 0.717) is 6.10 Å². The van der Waals surface area contributed by atoms with E-state index in [9.17, 15) is 0 Å². The molecule has 0 saturated heterocycles. The molecule has 1 saturated carbocycles. The number of nitrogens with zero attached hydrogens (tertiary/aromatic N) is 1. The normalized spacial score (nSPS) is 26.0. The van der Waals surface area contributed by atoms with Crippen molar-refractivity contribution >= 4 is 16.6 Å². The van der Waals surface area contributed by atoms with Crippen LogP contribution in [0.5, 0.6) is 5.75 Å². The fraction of sp³-hybridized carbons (Fsp3) is 0.500. The molecule has 1 heterocycles. The Balaban J connectivity index is 1.94. The molecule has 0 spiro atoms. The van der Waals surface area contributed by atoms with E-state index in [-0.39, 0.29) is 0 Å². The van der Waals surface area contributed by atoms with Crippen LogP contribution < -0.4 is 10.5 Å². The summed E-state index contributed by atoms with van der Waals surface area (Å²) in [5.41, 5.74) is 8.62. The van der Waals surface area contributed by atoms with Gasteiger partial charge in [0.1, 0.15) is 5.75 Å². The van der Waals surface area contributed by atoms with E-state index < -0.39 is 0 Å². The Kier molecular flexibility index (Phi) is 3.75. The van der Waals surface area contributed by atoms with Crippen LogP contribution in [0.4, 0.5) is 5.69 Å². The van der Waals surface area contributed by atoms with Gasteiger partial charge in [-0.15, -0.1) is 0 Å². The lowest BCUT2D eigenvalue weighted by molar-refractivity contribution is 0.102. The Morgan fingerprint density at radius 1 is 1.10 bits per heavy atom. The number of fused-ring (bicyclic) bond motifs is 1. The highest BCUT2D eigenvalue weighted by Gasteiger charge is 2.25. The molecule has 1 aliphatic carbocycles. The monoisotopic (exact) mass is 284 g/mol. The maximum Gasteiger partial charge on any atom is 0.130 e. The molecule has 112 valence electrons. The van der Waals surface area contributed by atoms with Crippen molar-refractivity contribution in [2.24, 2.45) is 11.8 Å². The maximum atomic E-state index is 6.35. The Morgan fingerprint density at radius 3 is 2.52 bits per heavy atom. The number of anilines is 1. The van der Waals surface area contributed by atoms with Gasteiger partial charge in [-0.25, -0.2) is 0 Å². The molecule has 21 heavy (non-hydrogen) atoms. The second-order valence-electron chi connectivity index (χ2n) is 6.70. The highest BCUT2D eigenvalue weighted by atomic mass is 16.5. The quantitative estimate of drug-likeness (QED) is 0.835. The minimum absolute atomic E-state index is 0.301. The third kappa shape index (κ3) is 3.12. The van der Waals surface area contributed by atoms with Crippen molar-refractivity contribution in [3.8, 4) is 5.75 Å². The van der Waals surface area contributed by atoms with Gasteiger partial charge in [0, 0.05) is 22.8 Å². The van der Waals surface area contributed by atoms with Gasteiger partial charge < -0.3 is 10.5 Å². The average molecular weight is 284 g/mol. The largest absolute Gasteiger partial charge is 0.490 e. The molecule has 3 heteroatoms. The maximum absolute atomic E-state index is 6.35. The number of benzene rings is 1. The first-order valence-corrected chi connectivity index (χ1v) is 7.85. The van der Waals surface area contributed by atoms with E-state index >= 15 is 0 Å². The first-order valence-electron chi connectivity index (χ1n) is 7.85. The van der Waals surface area contributed by atoms with E-state index in [1.54, 1.807) is 0 Å². The molecule has 2 aromatic rings. The fourth-order valence-electron chi connectivity index (χ4n) is 3.58. The number of nitrogens with two attached hydrogens (primary N) is 1. The lowest BCUT2D eigenvalue weighted by Crippen LogP contribution is -2.28. The third-order valence-electron chi connectivity index (χ3n) is 4.35. The van der Waals surface area contributed by atoms with Gasteiger partial charge in [0.2, 0.25) is 0 Å². The van der Waals surface area contributed by atoms with Gasteiger partial charge in [0.05, 0.1) is 11.6 Å². The van der Waals surface area contributed by atoms with E-state index in [1.165, 1.54) is 6.42 Å². The van der Waals surface area contributed by atoms with Gasteiger partial charge in [-0.2, -0.15) is 0 Å². The summed E-state index contributed by atoms with van der Waals surface area (Å²) in [5, 5.41) is 1.02. The van der Waals surface area contributed by atoms with Crippen molar-refractivity contribution in [1.29, 1.82) is 0 Å². The molecule has 3 nitrogen and oxygen atoms in total. The highest BCUT2D eigenvalue weighted by molar-refractivity contribution is 5.87. The summed E-state index contributed by atoms with van der Waals surface area (Å²) in [6.07, 6.45) is 3.88. The van der Waals surface area contributed by atoms with Gasteiger partial charge in [0.25, 0.3) is 0 Å². The summed E-state index contributed by atoms with van der Waals surface area (Å²) in [6, 6.07) is 7.86. The van der Waals surface area contributed by atoms with Crippen molar-refractivity contribution in [3.63, 3.8) is 0 Å². The molecule has 0 amide bonds. The van der Waals surface area contributed by atoms with Gasteiger partial charge >= 0.3 is 0 Å². The SMILES string of the molecule is Cc1cc(OC2CC(C)CC(C)C2)c2cc(N)ccc2n1. The number of aryl methyl sites for hydroxylation is 1. The van der Waals surface area contributed by atoms with E-state index in [2.05, 4.69) is 18.8 Å². The number of ether oxygens (including phenoxy) is 1. The van der Waals surface area contributed by atoms with Crippen molar-refractivity contribution in [1.82, 2.24) is 4.98 Å². The van der Waals surface area contributed by atoms with E-state index in [1.807, 2.05) is 31.2 Å². The Hall–Kier alpha value is -1.77. The topological polar surface area (TPSA) is 48.1 Å². The summed E-state index contributed by atoms with van der Waals surface area (Å²) >= 11 is 0. The second kappa shape index (κ2) is 5.55. The summed E-state index contributed by atoms with van der Waals surface area (Å²) in [5.74, 6) is 2.40. The number of aromatic nitrogens is 1. The Morgan fingerprint density at radius 2 is 1.81 bits per heavy atom. The smallest absolute Gasteiger partial charge is 0.130 e. The number of rotatable bonds is 2. The van der Waals surface area contributed by atoms with Crippen molar-refractivity contribution in [3.05, 3.63) is 30.0 Å². The molecule has 3 rings (SSSR count). The summed E-state index contributed by atoms with van der Waals surface area (Å²) < 4.78 is 6.35. The zero-order chi connectivity index (χ0) is 15.0. The standard InChI is InChI=1S/C18H24N2O/c1-11-6-12(2)8-15(7-11)21-18-9-13(3)20-17-5-4-14(19)10-16(17)18/h4-5,9-12,15H,6-8,19H2,1-3H3. The van der Waals surface area contributed by atoms with Crippen LogP contribution in [0.2, 0.25) is 0 Å². The molecule has 2 unspecified atom stereocenters. The number of nitrogen functional groups attached to an aromatic ring is 1. The molecule has 2 N–H and O–H groups in total. The third-order valence-corrected chi connectivity index (χ3v) is 4.35. The first-order chi connectivity index (χ1) is 10.0. The minimum Gasteiger partial charge on any atom is -0.490 e. The van der Waals surface area contributed by atoms with Crippen LogP contribution in [0.1, 0.15) is 38.8 Å². The van der Waals surface area contributed by atoms with E-state index in [4.69, 9.17) is 10.5 Å². The van der Waals surface area contributed by atoms with Crippen molar-refractivity contribution in [2.45, 2.75) is 46.1 Å². The molecular weight excluding hydrogens is 260 g/mol. The van der Waals surface area contributed by atoms with Crippen molar-refractivity contribution < 1.29 is 4.74 Å². The average Bonchev–Trinajstić information content (AvgIpc) is 2.38. The first kappa shape index (κ1) is 14.2. The summed E-state index contributed by atoms with van der Waals surface area (Å²) in [7, 11) is 0. The lowest BCUT2D eigenvalue weighted by atomic mass is 9.82. The molecular formula is C18H24N2O. The zero-order valence-electron chi connectivity index (χ0n) is 13.1. The number of pyridine rings is 1. The fourth-order valence-corrected chi connectivity index (χ4v) is 3.58. The Bertz CT molecular complexity index is 643. The lowest BCUT2D eigenvalue weighted by Gasteiger charge is -2.32. The highest BCUT2D eigenvalue weighted by Crippen LogP contribution is 2.34. The molecule has 0 radical (unpaired) electrons. The number of hydrogen-bond donors (Lipinski definition) is 1. The van der Waals surface area contributed by atoms with Crippen LogP contribution >= 0.6 is 0 Å². The van der Waals surface area contributed by atoms with Crippen LogP contribution in [0.3, 0.4) is 0 Å². The van der Waals surface area contributed by atoms with Gasteiger partial charge in [-0.3, -0.25) is 4.98 Å². The predicted octanol–water partition coefficient (Wildman–Crippen LogP) is 4.33. The molecule has 1 aromatic carbocycles. The van der Waals surface area contributed by atoms with Crippen LogP contribution in [0.15, 0.2) is 24.3 Å². The predicted molar refractivity (Wildman–Crippen MR) is 87.5 cm³/mol. The van der Waals surface area contributed by atoms with Crippen molar-refractivity contribution in [2.75, 3.05) is 5.73 Å². The molecule has 0 bridgehead atoms. The van der Waals surface area contributed by atoms with Crippen LogP contribution in [0, 0.1) is 18.8 Å². The minimum atomic E-state index is 0.301. The Labute approximate surface area is 126 Å². The molecule has 2 atom stereocenters. The van der Waals surface area contributed by atoms with Crippen LogP contribution in [-0.4, -0.2) is 11.1 Å². The van der Waals surface area contributed by atoms with E-state index in [0.717, 1.165) is 52.7 Å². The van der Waals surface area contributed by atoms with Crippen LogP contribution in [0.25, 0.3) is 10.9 Å². The zero-order valence-corrected chi connectivity index (χ0v) is 13.1. The summed E-state index contributed by atoms with van der Waals surface area (Å²) in [6.45, 7) is 6.65. The summed E-state index contributed by atoms with van der Waals surface area (Å²) in [4.78, 5) is 4.56. The second-order valence-corrected chi connectivity index (χ2v) is 6.70. The molecule has 1 aliphatic rings. The molecule has 0 aliphatic heterocycles. The number of hydrogen-bond acceptors (Lipinski definition) is 3. The van der Waals surface area contributed by atoms with Gasteiger partial charge in [0.15, 0.2) is 0 Å². The molecule has 1 aromatic heterocycles. The van der Waals surface area contributed by atoms with Gasteiger partial charge in [-0.1, -0.05) is 13.8 Å². The van der Waals surface area contributed by atoms with Crippen LogP contribution in [-0.2, 0) is 0 Å². The van der Waals surface area contributed by atoms with Gasteiger partial charge in [-0.05, 0) is 56.2 Å².